The molecule has 3 amide bonds. The van der Waals surface area contributed by atoms with Gasteiger partial charge in [0.15, 0.2) is 0 Å². The van der Waals surface area contributed by atoms with Gasteiger partial charge in [-0.05, 0) is 49.8 Å². The molecule has 10 heteroatoms. The molecule has 3 N–H and O–H groups in total. The van der Waals surface area contributed by atoms with Crippen molar-refractivity contribution in [2.75, 3.05) is 13.1 Å². The van der Waals surface area contributed by atoms with Crippen LogP contribution in [-0.2, 0) is 14.8 Å². The molecule has 0 aromatic heterocycles. The molecular formula is C23H33N5O4S. The fourth-order valence-electron chi connectivity index (χ4n) is 4.53. The maximum atomic E-state index is 12.6. The minimum Gasteiger partial charge on any atom is -0.335 e. The van der Waals surface area contributed by atoms with Crippen molar-refractivity contribution < 1.29 is 18.0 Å². The summed E-state index contributed by atoms with van der Waals surface area (Å²) in [5, 5.41) is 15.1. The van der Waals surface area contributed by atoms with Crippen molar-refractivity contribution in [1.29, 1.82) is 5.26 Å². The molecule has 2 aliphatic rings. The number of rotatable bonds is 8. The number of amides is 3. The Balaban J connectivity index is 1.56. The lowest BCUT2D eigenvalue weighted by Crippen LogP contribution is -2.45. The van der Waals surface area contributed by atoms with Crippen LogP contribution in [0.4, 0.5) is 4.79 Å². The molecule has 1 saturated carbocycles. The van der Waals surface area contributed by atoms with Crippen molar-refractivity contribution in [3.05, 3.63) is 29.8 Å². The summed E-state index contributed by atoms with van der Waals surface area (Å²) < 4.78 is 27.3. The maximum absolute atomic E-state index is 12.6. The number of nitriles is 1. The molecule has 1 unspecified atom stereocenters. The smallest absolute Gasteiger partial charge is 0.328 e. The van der Waals surface area contributed by atoms with Crippen molar-refractivity contribution in [2.45, 2.75) is 81.3 Å². The van der Waals surface area contributed by atoms with E-state index in [9.17, 15) is 23.3 Å². The SMILES string of the molecule is CCC(NCC(=O)N1CCC[C@H]1C#N)c1ccc(S(=O)(=O)NC(=O)NC2CCCCC2)cc1. The van der Waals surface area contributed by atoms with Crippen molar-refractivity contribution in [3.8, 4) is 6.07 Å². The third kappa shape index (κ3) is 6.68. The molecule has 1 aliphatic carbocycles. The van der Waals surface area contributed by atoms with E-state index in [2.05, 4.69) is 21.4 Å². The third-order valence-corrected chi connectivity index (χ3v) is 7.74. The Morgan fingerprint density at radius 1 is 1.12 bits per heavy atom. The van der Waals surface area contributed by atoms with Crippen LogP contribution in [0.15, 0.2) is 29.2 Å². The van der Waals surface area contributed by atoms with Crippen LogP contribution in [0, 0.1) is 11.3 Å². The topological polar surface area (TPSA) is 131 Å². The first-order valence-corrected chi connectivity index (χ1v) is 13.2. The zero-order valence-corrected chi connectivity index (χ0v) is 19.9. The summed E-state index contributed by atoms with van der Waals surface area (Å²) in [7, 11) is -3.98. The Kier molecular flexibility index (Phi) is 8.69. The number of carbonyl (C=O) groups excluding carboxylic acids is 2. The minimum atomic E-state index is -3.98. The number of nitrogens with one attached hydrogen (secondary N) is 3. The van der Waals surface area contributed by atoms with E-state index in [-0.39, 0.29) is 35.5 Å². The van der Waals surface area contributed by atoms with Gasteiger partial charge in [0.2, 0.25) is 5.91 Å². The Morgan fingerprint density at radius 2 is 1.82 bits per heavy atom. The van der Waals surface area contributed by atoms with Crippen LogP contribution in [0.3, 0.4) is 0 Å². The van der Waals surface area contributed by atoms with Crippen LogP contribution < -0.4 is 15.4 Å². The predicted molar refractivity (Wildman–Crippen MR) is 124 cm³/mol. The molecule has 1 aliphatic heterocycles. The highest BCUT2D eigenvalue weighted by Crippen LogP contribution is 2.21. The van der Waals surface area contributed by atoms with E-state index in [1.807, 2.05) is 6.92 Å². The Bertz CT molecular complexity index is 968. The summed E-state index contributed by atoms with van der Waals surface area (Å²) in [5.41, 5.74) is 0.842. The zero-order chi connectivity index (χ0) is 23.8. The summed E-state index contributed by atoms with van der Waals surface area (Å²) >= 11 is 0. The number of hydrogen-bond donors (Lipinski definition) is 3. The number of urea groups is 1. The Labute approximate surface area is 196 Å². The van der Waals surface area contributed by atoms with Gasteiger partial charge in [-0.15, -0.1) is 0 Å². The number of nitrogens with zero attached hydrogens (tertiary/aromatic N) is 2. The molecular weight excluding hydrogens is 442 g/mol. The van der Waals surface area contributed by atoms with Crippen molar-refractivity contribution in [2.24, 2.45) is 0 Å². The quantitative estimate of drug-likeness (QED) is 0.529. The van der Waals surface area contributed by atoms with Crippen LogP contribution in [-0.4, -0.2) is 50.4 Å². The van der Waals surface area contributed by atoms with E-state index >= 15 is 0 Å². The summed E-state index contributed by atoms with van der Waals surface area (Å²) in [6.45, 7) is 2.68. The van der Waals surface area contributed by atoms with Gasteiger partial charge in [-0.25, -0.2) is 17.9 Å². The van der Waals surface area contributed by atoms with Crippen LogP contribution >= 0.6 is 0 Å². The average Bonchev–Trinajstić information content (AvgIpc) is 3.29. The minimum absolute atomic E-state index is 0.00454. The first-order chi connectivity index (χ1) is 15.8. The van der Waals surface area contributed by atoms with Gasteiger partial charge in [0.25, 0.3) is 10.0 Å². The summed E-state index contributed by atoms with van der Waals surface area (Å²) in [6, 6.07) is 7.29. The van der Waals surface area contributed by atoms with Crippen LogP contribution in [0.5, 0.6) is 0 Å². The number of hydrogen-bond acceptors (Lipinski definition) is 6. The van der Waals surface area contributed by atoms with E-state index in [1.165, 1.54) is 12.1 Å². The molecule has 1 saturated heterocycles. The number of sulfonamides is 1. The molecule has 1 aromatic carbocycles. The van der Waals surface area contributed by atoms with E-state index in [0.717, 1.165) is 44.1 Å². The molecule has 33 heavy (non-hydrogen) atoms. The Hall–Kier alpha value is -2.64. The van der Waals surface area contributed by atoms with Crippen molar-refractivity contribution in [1.82, 2.24) is 20.3 Å². The van der Waals surface area contributed by atoms with Crippen molar-refractivity contribution >= 4 is 22.0 Å². The van der Waals surface area contributed by atoms with E-state index in [1.54, 1.807) is 17.0 Å². The van der Waals surface area contributed by atoms with Gasteiger partial charge in [0, 0.05) is 18.6 Å². The van der Waals surface area contributed by atoms with Gasteiger partial charge < -0.3 is 15.5 Å². The third-order valence-electron chi connectivity index (χ3n) is 6.39. The lowest BCUT2D eigenvalue weighted by molar-refractivity contribution is -0.130. The first-order valence-electron chi connectivity index (χ1n) is 11.7. The molecule has 0 radical (unpaired) electrons. The highest BCUT2D eigenvalue weighted by Gasteiger charge is 2.28. The average molecular weight is 476 g/mol. The summed E-state index contributed by atoms with van der Waals surface area (Å²) in [5.74, 6) is -0.107. The van der Waals surface area contributed by atoms with E-state index in [0.29, 0.717) is 19.4 Å². The van der Waals surface area contributed by atoms with E-state index < -0.39 is 16.1 Å². The monoisotopic (exact) mass is 475 g/mol. The van der Waals surface area contributed by atoms with Gasteiger partial charge >= 0.3 is 6.03 Å². The zero-order valence-electron chi connectivity index (χ0n) is 19.0. The number of likely N-dealkylation sites (tertiary alicyclic amines) is 1. The van der Waals surface area contributed by atoms with Crippen LogP contribution in [0.25, 0.3) is 0 Å². The second kappa shape index (κ2) is 11.5. The molecule has 0 spiro atoms. The van der Waals surface area contributed by atoms with Gasteiger partial charge in [-0.1, -0.05) is 38.3 Å². The standard InChI is InChI=1S/C23H33N5O4S/c1-2-21(25-16-22(29)28-14-6-9-19(28)15-24)17-10-12-20(13-11-17)33(31,32)27-23(30)26-18-7-4-3-5-8-18/h10-13,18-19,21,25H,2-9,14,16H2,1H3,(H2,26,27,30)/t19-,21?/m0/s1. The lowest BCUT2D eigenvalue weighted by atomic mass is 9.96. The second-order valence-corrected chi connectivity index (χ2v) is 10.4. The highest BCUT2D eigenvalue weighted by molar-refractivity contribution is 7.90. The van der Waals surface area contributed by atoms with Crippen molar-refractivity contribution in [3.63, 3.8) is 0 Å². The molecule has 9 nitrogen and oxygen atoms in total. The normalized spacial score (nSPS) is 20.1. The molecule has 2 atom stereocenters. The van der Waals surface area contributed by atoms with Gasteiger partial charge in [-0.3, -0.25) is 4.79 Å². The molecule has 1 heterocycles. The fourth-order valence-corrected chi connectivity index (χ4v) is 5.45. The van der Waals surface area contributed by atoms with Crippen LogP contribution in [0.1, 0.15) is 69.9 Å². The molecule has 3 rings (SSSR count). The largest absolute Gasteiger partial charge is 0.335 e. The molecule has 0 bridgehead atoms. The summed E-state index contributed by atoms with van der Waals surface area (Å²) in [6.07, 6.45) is 7.19. The van der Waals surface area contributed by atoms with E-state index in [4.69, 9.17) is 0 Å². The lowest BCUT2D eigenvalue weighted by Gasteiger charge is -2.23. The highest BCUT2D eigenvalue weighted by atomic mass is 32.2. The predicted octanol–water partition coefficient (Wildman–Crippen LogP) is 2.56. The second-order valence-electron chi connectivity index (χ2n) is 8.70. The first kappa shape index (κ1) is 25.0. The van der Waals surface area contributed by atoms with Gasteiger partial charge in [0.1, 0.15) is 6.04 Å². The maximum Gasteiger partial charge on any atom is 0.328 e. The van der Waals surface area contributed by atoms with Gasteiger partial charge in [0.05, 0.1) is 17.5 Å². The van der Waals surface area contributed by atoms with Gasteiger partial charge in [-0.2, -0.15) is 5.26 Å². The van der Waals surface area contributed by atoms with Crippen LogP contribution in [0.2, 0.25) is 0 Å². The summed E-state index contributed by atoms with van der Waals surface area (Å²) in [4.78, 5) is 26.3. The number of benzene rings is 1. The Morgan fingerprint density at radius 3 is 2.45 bits per heavy atom. The molecule has 1 aromatic rings. The fraction of sp³-hybridized carbons (Fsp3) is 0.609. The molecule has 2 fully saturated rings. The molecule has 180 valence electrons. The number of carbonyl (C=O) groups is 2.